The predicted molar refractivity (Wildman–Crippen MR) is 64.2 cm³/mol. The zero-order chi connectivity index (χ0) is 10.5. The molecule has 1 atom stereocenters. The van der Waals surface area contributed by atoms with Gasteiger partial charge in [0.2, 0.25) is 0 Å². The van der Waals surface area contributed by atoms with Crippen molar-refractivity contribution in [3.05, 3.63) is 0 Å². The Kier molecular flexibility index (Phi) is 4.42. The summed E-state index contributed by atoms with van der Waals surface area (Å²) >= 11 is 0. The molecule has 0 aliphatic carbocycles. The minimum Gasteiger partial charge on any atom is -0.316 e. The van der Waals surface area contributed by atoms with Gasteiger partial charge in [-0.05, 0) is 65.5 Å². The van der Waals surface area contributed by atoms with Gasteiger partial charge in [-0.1, -0.05) is 0 Å². The van der Waals surface area contributed by atoms with E-state index >= 15 is 0 Å². The van der Waals surface area contributed by atoms with E-state index in [4.69, 9.17) is 0 Å². The highest BCUT2D eigenvalue weighted by Gasteiger charge is 2.20. The van der Waals surface area contributed by atoms with Crippen molar-refractivity contribution in [1.82, 2.24) is 15.1 Å². The first-order chi connectivity index (χ1) is 7.38. The molecule has 15 heavy (non-hydrogen) atoms. The van der Waals surface area contributed by atoms with Crippen LogP contribution < -0.4 is 5.32 Å². The molecule has 0 saturated carbocycles. The fraction of sp³-hybridized carbons (Fsp3) is 1.00. The maximum atomic E-state index is 3.37. The Labute approximate surface area is 93.8 Å². The molecule has 2 fully saturated rings. The third-order valence-corrected chi connectivity index (χ3v) is 3.83. The fourth-order valence-electron chi connectivity index (χ4n) is 2.80. The Morgan fingerprint density at radius 1 is 1.07 bits per heavy atom. The maximum absolute atomic E-state index is 3.37. The minimum absolute atomic E-state index is 0.747. The van der Waals surface area contributed by atoms with Crippen molar-refractivity contribution >= 4 is 0 Å². The fourth-order valence-corrected chi connectivity index (χ4v) is 2.80. The second kappa shape index (κ2) is 5.83. The average molecular weight is 211 g/mol. The Morgan fingerprint density at radius 2 is 1.80 bits per heavy atom. The summed E-state index contributed by atoms with van der Waals surface area (Å²) in [6, 6.07) is 0.747. The topological polar surface area (TPSA) is 18.5 Å². The van der Waals surface area contributed by atoms with Crippen molar-refractivity contribution in [2.45, 2.75) is 31.7 Å². The zero-order valence-corrected chi connectivity index (χ0v) is 10.0. The van der Waals surface area contributed by atoms with E-state index in [0.717, 1.165) is 6.04 Å². The number of hydrogen-bond acceptors (Lipinski definition) is 3. The molecule has 3 nitrogen and oxygen atoms in total. The van der Waals surface area contributed by atoms with Crippen LogP contribution in [0.15, 0.2) is 0 Å². The van der Waals surface area contributed by atoms with E-state index < -0.39 is 0 Å². The molecular weight excluding hydrogens is 186 g/mol. The van der Waals surface area contributed by atoms with Gasteiger partial charge in [-0.2, -0.15) is 0 Å². The number of nitrogens with one attached hydrogen (secondary N) is 1. The monoisotopic (exact) mass is 211 g/mol. The Balaban J connectivity index is 1.54. The van der Waals surface area contributed by atoms with Crippen LogP contribution in [0, 0.1) is 0 Å². The van der Waals surface area contributed by atoms with Gasteiger partial charge in [0, 0.05) is 12.6 Å². The highest BCUT2D eigenvalue weighted by molar-refractivity contribution is 4.79. The van der Waals surface area contributed by atoms with E-state index in [2.05, 4.69) is 22.2 Å². The van der Waals surface area contributed by atoms with Crippen LogP contribution in [0.1, 0.15) is 25.7 Å². The Hall–Kier alpha value is -0.120. The number of nitrogens with zero attached hydrogens (tertiary/aromatic N) is 2. The van der Waals surface area contributed by atoms with E-state index in [0.29, 0.717) is 0 Å². The molecule has 0 aromatic heterocycles. The van der Waals surface area contributed by atoms with Gasteiger partial charge in [0.05, 0.1) is 0 Å². The number of likely N-dealkylation sites (tertiary alicyclic amines) is 2. The van der Waals surface area contributed by atoms with E-state index in [-0.39, 0.29) is 0 Å². The van der Waals surface area contributed by atoms with Gasteiger partial charge >= 0.3 is 0 Å². The summed E-state index contributed by atoms with van der Waals surface area (Å²) in [6.07, 6.45) is 5.54. The van der Waals surface area contributed by atoms with Crippen LogP contribution in [0.5, 0.6) is 0 Å². The third-order valence-electron chi connectivity index (χ3n) is 3.83. The SMILES string of the molecule is CNC1CCN(CCCN2CCCC2)C1. The van der Waals surface area contributed by atoms with E-state index in [1.807, 2.05) is 0 Å². The first kappa shape index (κ1) is 11.4. The lowest BCUT2D eigenvalue weighted by atomic mass is 10.3. The largest absolute Gasteiger partial charge is 0.316 e. The predicted octanol–water partition coefficient (Wildman–Crippen LogP) is 0.766. The second-order valence-corrected chi connectivity index (χ2v) is 4.98. The van der Waals surface area contributed by atoms with Gasteiger partial charge in [0.15, 0.2) is 0 Å². The quantitative estimate of drug-likeness (QED) is 0.724. The van der Waals surface area contributed by atoms with Crippen molar-refractivity contribution < 1.29 is 0 Å². The molecule has 0 aromatic rings. The number of likely N-dealkylation sites (N-methyl/N-ethyl adjacent to an activating group) is 1. The van der Waals surface area contributed by atoms with Crippen LogP contribution >= 0.6 is 0 Å². The van der Waals surface area contributed by atoms with Crippen LogP contribution in [0.25, 0.3) is 0 Å². The van der Waals surface area contributed by atoms with Crippen molar-refractivity contribution in [3.8, 4) is 0 Å². The molecule has 2 heterocycles. The lowest BCUT2D eigenvalue weighted by Gasteiger charge is -2.19. The first-order valence-electron chi connectivity index (χ1n) is 6.50. The first-order valence-corrected chi connectivity index (χ1v) is 6.50. The third kappa shape index (κ3) is 3.44. The van der Waals surface area contributed by atoms with Gasteiger partial charge in [0.1, 0.15) is 0 Å². The van der Waals surface area contributed by atoms with Crippen LogP contribution in [-0.4, -0.2) is 62.2 Å². The molecule has 2 rings (SSSR count). The molecule has 1 N–H and O–H groups in total. The molecule has 2 saturated heterocycles. The lowest BCUT2D eigenvalue weighted by molar-refractivity contribution is 0.277. The molecule has 0 radical (unpaired) electrons. The van der Waals surface area contributed by atoms with Gasteiger partial charge in [-0.15, -0.1) is 0 Å². The van der Waals surface area contributed by atoms with Crippen LogP contribution in [0.4, 0.5) is 0 Å². The summed E-state index contributed by atoms with van der Waals surface area (Å²) in [7, 11) is 2.08. The van der Waals surface area contributed by atoms with Crippen molar-refractivity contribution in [1.29, 1.82) is 0 Å². The van der Waals surface area contributed by atoms with Crippen molar-refractivity contribution in [2.75, 3.05) is 46.3 Å². The van der Waals surface area contributed by atoms with E-state index in [1.165, 1.54) is 65.0 Å². The summed E-state index contributed by atoms with van der Waals surface area (Å²) in [6.45, 7) is 7.87. The minimum atomic E-state index is 0.747. The molecule has 0 aromatic carbocycles. The van der Waals surface area contributed by atoms with Gasteiger partial charge in [0.25, 0.3) is 0 Å². The molecule has 1 unspecified atom stereocenters. The van der Waals surface area contributed by atoms with Crippen LogP contribution in [0.2, 0.25) is 0 Å². The lowest BCUT2D eigenvalue weighted by Crippen LogP contribution is -2.31. The van der Waals surface area contributed by atoms with Crippen LogP contribution in [0.3, 0.4) is 0 Å². The van der Waals surface area contributed by atoms with Gasteiger partial charge in [-0.3, -0.25) is 0 Å². The Bertz CT molecular complexity index is 178. The summed E-state index contributed by atoms with van der Waals surface area (Å²) in [5.41, 5.74) is 0. The highest BCUT2D eigenvalue weighted by Crippen LogP contribution is 2.11. The normalized spacial score (nSPS) is 29.0. The maximum Gasteiger partial charge on any atom is 0.0204 e. The molecule has 0 bridgehead atoms. The molecular formula is C12H25N3. The smallest absolute Gasteiger partial charge is 0.0204 e. The van der Waals surface area contributed by atoms with E-state index in [1.54, 1.807) is 0 Å². The number of rotatable bonds is 5. The molecule has 2 aliphatic heterocycles. The molecule has 88 valence electrons. The van der Waals surface area contributed by atoms with Gasteiger partial charge in [-0.25, -0.2) is 0 Å². The highest BCUT2D eigenvalue weighted by atomic mass is 15.2. The molecule has 0 spiro atoms. The van der Waals surface area contributed by atoms with Gasteiger partial charge < -0.3 is 15.1 Å². The molecule has 2 aliphatic rings. The van der Waals surface area contributed by atoms with Crippen molar-refractivity contribution in [2.24, 2.45) is 0 Å². The van der Waals surface area contributed by atoms with Crippen molar-refractivity contribution in [3.63, 3.8) is 0 Å². The molecule has 0 amide bonds. The summed E-state index contributed by atoms with van der Waals surface area (Å²) in [5, 5.41) is 3.37. The van der Waals surface area contributed by atoms with E-state index in [9.17, 15) is 0 Å². The number of hydrogen-bond donors (Lipinski definition) is 1. The summed E-state index contributed by atoms with van der Waals surface area (Å²) in [4.78, 5) is 5.23. The summed E-state index contributed by atoms with van der Waals surface area (Å²) in [5.74, 6) is 0. The standard InChI is InChI=1S/C12H25N3/c1-13-12-5-10-15(11-12)9-4-8-14-6-2-3-7-14/h12-13H,2-11H2,1H3. The Morgan fingerprint density at radius 3 is 2.47 bits per heavy atom. The zero-order valence-electron chi connectivity index (χ0n) is 10.0. The average Bonchev–Trinajstić information content (AvgIpc) is 2.88. The summed E-state index contributed by atoms with van der Waals surface area (Å²) < 4.78 is 0. The molecule has 3 heteroatoms. The second-order valence-electron chi connectivity index (χ2n) is 4.98. The van der Waals surface area contributed by atoms with Crippen LogP contribution in [-0.2, 0) is 0 Å².